The fourth-order valence-electron chi connectivity index (χ4n) is 1.85. The third-order valence-electron chi connectivity index (χ3n) is 2.87. The smallest absolute Gasteiger partial charge is 0.299 e. The number of carbonyl (C=O) groups excluding carboxylic acids is 1. The fourth-order valence-corrected chi connectivity index (χ4v) is 1.85. The van der Waals surface area contributed by atoms with Gasteiger partial charge < -0.3 is 0 Å². The van der Waals surface area contributed by atoms with Crippen molar-refractivity contribution in [2.75, 3.05) is 20.1 Å². The predicted octanol–water partition coefficient (Wildman–Crippen LogP) is 3.37. The van der Waals surface area contributed by atoms with E-state index in [9.17, 15) is 18.0 Å². The number of carbonyl (C=O) groups is 1. The molecule has 1 aromatic rings. The number of nitrogens with zero attached hydrogens (tertiary/aromatic N) is 1. The molecule has 0 saturated carbocycles. The molecule has 1 aromatic carbocycles. The normalized spacial score (nSPS) is 11.9. The van der Waals surface area contributed by atoms with Crippen LogP contribution in [0.4, 0.5) is 13.2 Å². The van der Waals surface area contributed by atoms with Crippen LogP contribution in [-0.2, 0) is 0 Å². The Balaban J connectivity index is 2.59. The van der Waals surface area contributed by atoms with E-state index in [1.807, 2.05) is 26.0 Å². The van der Waals surface area contributed by atoms with Crippen LogP contribution in [-0.4, -0.2) is 37.0 Å². The number of Topliss-reactive ketones (excluding diaryl/α,β-unsaturated/α-hetero) is 1. The quantitative estimate of drug-likeness (QED) is 0.767. The molecular formula is C14H18F3NO. The molecule has 0 N–H and O–H groups in total. The Bertz CT molecular complexity index is 454. The molecule has 0 aliphatic carbocycles. The number of aryl methyl sites for hydroxylation is 2. The van der Waals surface area contributed by atoms with Crippen LogP contribution in [0.3, 0.4) is 0 Å². The third-order valence-corrected chi connectivity index (χ3v) is 2.87. The Morgan fingerprint density at radius 3 is 2.42 bits per heavy atom. The summed E-state index contributed by atoms with van der Waals surface area (Å²) in [7, 11) is 1.52. The number of alkyl halides is 3. The summed E-state index contributed by atoms with van der Waals surface area (Å²) in [5, 5.41) is 0. The van der Waals surface area contributed by atoms with Gasteiger partial charge in [-0.1, -0.05) is 23.8 Å². The maximum atomic E-state index is 12.1. The van der Waals surface area contributed by atoms with Gasteiger partial charge in [0.1, 0.15) is 0 Å². The topological polar surface area (TPSA) is 20.3 Å². The summed E-state index contributed by atoms with van der Waals surface area (Å²) in [6.07, 6.45) is -5.08. The zero-order chi connectivity index (χ0) is 14.6. The SMILES string of the molecule is Cc1ccc(C(=O)CN(C)CCC(F)(F)F)c(C)c1. The standard InChI is InChI=1S/C14H18F3NO/c1-10-4-5-12(11(2)8-10)13(19)9-18(3)7-6-14(15,16)17/h4-5,8H,6-7,9H2,1-3H3. The minimum atomic E-state index is -4.18. The largest absolute Gasteiger partial charge is 0.390 e. The minimum Gasteiger partial charge on any atom is -0.299 e. The molecule has 0 aliphatic rings. The lowest BCUT2D eigenvalue weighted by molar-refractivity contribution is -0.137. The lowest BCUT2D eigenvalue weighted by Crippen LogP contribution is -2.30. The molecule has 0 amide bonds. The van der Waals surface area contributed by atoms with Crippen LogP contribution in [0, 0.1) is 13.8 Å². The highest BCUT2D eigenvalue weighted by Crippen LogP contribution is 2.19. The molecule has 106 valence electrons. The number of hydrogen-bond donors (Lipinski definition) is 0. The maximum Gasteiger partial charge on any atom is 0.390 e. The first-order chi connectivity index (χ1) is 8.69. The zero-order valence-corrected chi connectivity index (χ0v) is 11.3. The molecule has 5 heteroatoms. The second-order valence-electron chi connectivity index (χ2n) is 4.84. The van der Waals surface area contributed by atoms with Gasteiger partial charge in [-0.3, -0.25) is 9.69 Å². The van der Waals surface area contributed by atoms with Crippen molar-refractivity contribution >= 4 is 5.78 Å². The highest BCUT2D eigenvalue weighted by atomic mass is 19.4. The van der Waals surface area contributed by atoms with Crippen LogP contribution in [0.15, 0.2) is 18.2 Å². The van der Waals surface area contributed by atoms with Crippen LogP contribution in [0.2, 0.25) is 0 Å². The number of likely N-dealkylation sites (N-methyl/N-ethyl adjacent to an activating group) is 1. The summed E-state index contributed by atoms with van der Waals surface area (Å²) >= 11 is 0. The molecule has 0 heterocycles. The first kappa shape index (κ1) is 15.7. The predicted molar refractivity (Wildman–Crippen MR) is 68.4 cm³/mol. The van der Waals surface area contributed by atoms with Crippen molar-refractivity contribution in [1.82, 2.24) is 4.90 Å². The van der Waals surface area contributed by atoms with E-state index in [2.05, 4.69) is 0 Å². The van der Waals surface area contributed by atoms with Gasteiger partial charge in [0.25, 0.3) is 0 Å². The Kier molecular flexibility index (Phi) is 5.11. The van der Waals surface area contributed by atoms with Gasteiger partial charge >= 0.3 is 6.18 Å². The molecular weight excluding hydrogens is 255 g/mol. The molecule has 0 radical (unpaired) electrons. The van der Waals surface area contributed by atoms with Crippen molar-refractivity contribution in [3.8, 4) is 0 Å². The van der Waals surface area contributed by atoms with Crippen molar-refractivity contribution < 1.29 is 18.0 Å². The summed E-state index contributed by atoms with van der Waals surface area (Å²) in [6.45, 7) is 3.59. The molecule has 0 spiro atoms. The van der Waals surface area contributed by atoms with Crippen molar-refractivity contribution in [2.24, 2.45) is 0 Å². The average molecular weight is 273 g/mol. The van der Waals surface area contributed by atoms with Gasteiger partial charge in [-0.05, 0) is 26.5 Å². The molecule has 0 fully saturated rings. The molecule has 0 aliphatic heterocycles. The highest BCUT2D eigenvalue weighted by molar-refractivity contribution is 5.98. The van der Waals surface area contributed by atoms with E-state index >= 15 is 0 Å². The molecule has 1 rings (SSSR count). The molecule has 0 aromatic heterocycles. The number of benzene rings is 1. The van der Waals surface area contributed by atoms with Crippen LogP contribution < -0.4 is 0 Å². The van der Waals surface area contributed by atoms with Crippen molar-refractivity contribution in [2.45, 2.75) is 26.4 Å². The van der Waals surface area contributed by atoms with Gasteiger partial charge in [-0.25, -0.2) is 0 Å². The molecule has 0 atom stereocenters. The van der Waals surface area contributed by atoms with E-state index in [4.69, 9.17) is 0 Å². The highest BCUT2D eigenvalue weighted by Gasteiger charge is 2.27. The molecule has 19 heavy (non-hydrogen) atoms. The fraction of sp³-hybridized carbons (Fsp3) is 0.500. The van der Waals surface area contributed by atoms with E-state index in [0.717, 1.165) is 11.1 Å². The number of hydrogen-bond acceptors (Lipinski definition) is 2. The van der Waals surface area contributed by atoms with Crippen molar-refractivity contribution in [3.05, 3.63) is 34.9 Å². The average Bonchev–Trinajstić information content (AvgIpc) is 2.25. The second kappa shape index (κ2) is 6.19. The summed E-state index contributed by atoms with van der Waals surface area (Å²) in [5.74, 6) is -0.151. The summed E-state index contributed by atoms with van der Waals surface area (Å²) < 4.78 is 36.2. The number of ketones is 1. The van der Waals surface area contributed by atoms with E-state index in [1.165, 1.54) is 11.9 Å². The Morgan fingerprint density at radius 2 is 1.89 bits per heavy atom. The van der Waals surface area contributed by atoms with E-state index < -0.39 is 12.6 Å². The summed E-state index contributed by atoms with van der Waals surface area (Å²) in [4.78, 5) is 13.4. The zero-order valence-electron chi connectivity index (χ0n) is 11.3. The molecule has 0 bridgehead atoms. The third kappa shape index (κ3) is 5.42. The Morgan fingerprint density at radius 1 is 1.26 bits per heavy atom. The minimum absolute atomic E-state index is 0.0000189. The van der Waals surface area contributed by atoms with E-state index in [1.54, 1.807) is 6.07 Å². The monoisotopic (exact) mass is 273 g/mol. The summed E-state index contributed by atoms with van der Waals surface area (Å²) in [6, 6.07) is 5.45. The van der Waals surface area contributed by atoms with Crippen LogP contribution in [0.5, 0.6) is 0 Å². The van der Waals surface area contributed by atoms with Gasteiger partial charge in [0.2, 0.25) is 0 Å². The van der Waals surface area contributed by atoms with Crippen LogP contribution >= 0.6 is 0 Å². The first-order valence-corrected chi connectivity index (χ1v) is 6.05. The molecule has 0 unspecified atom stereocenters. The van der Waals surface area contributed by atoms with Gasteiger partial charge in [0.05, 0.1) is 13.0 Å². The maximum absolute atomic E-state index is 12.1. The van der Waals surface area contributed by atoms with Crippen molar-refractivity contribution in [3.63, 3.8) is 0 Å². The molecule has 0 saturated heterocycles. The van der Waals surface area contributed by atoms with Crippen molar-refractivity contribution in [1.29, 1.82) is 0 Å². The lowest BCUT2D eigenvalue weighted by atomic mass is 10.0. The van der Waals surface area contributed by atoms with Crippen LogP contribution in [0.25, 0.3) is 0 Å². The lowest BCUT2D eigenvalue weighted by Gasteiger charge is -2.17. The Hall–Kier alpha value is -1.36. The molecule has 2 nitrogen and oxygen atoms in total. The van der Waals surface area contributed by atoms with Gasteiger partial charge in [0, 0.05) is 12.1 Å². The van der Waals surface area contributed by atoms with Gasteiger partial charge in [-0.15, -0.1) is 0 Å². The number of halogens is 3. The second-order valence-corrected chi connectivity index (χ2v) is 4.84. The van der Waals surface area contributed by atoms with E-state index in [-0.39, 0.29) is 18.9 Å². The van der Waals surface area contributed by atoms with Gasteiger partial charge in [0.15, 0.2) is 5.78 Å². The summed E-state index contributed by atoms with van der Waals surface area (Å²) in [5.41, 5.74) is 2.48. The Labute approximate surface area is 111 Å². The van der Waals surface area contributed by atoms with Gasteiger partial charge in [-0.2, -0.15) is 13.2 Å². The van der Waals surface area contributed by atoms with E-state index in [0.29, 0.717) is 5.56 Å². The van der Waals surface area contributed by atoms with Crippen LogP contribution in [0.1, 0.15) is 27.9 Å². The first-order valence-electron chi connectivity index (χ1n) is 6.05. The number of rotatable bonds is 5.